The molecule has 0 amide bonds. The highest BCUT2D eigenvalue weighted by atomic mass is 79.9. The Kier molecular flexibility index (Phi) is 3.83. The summed E-state index contributed by atoms with van der Waals surface area (Å²) in [5.41, 5.74) is 2.45. The molecule has 3 aromatic rings. The number of para-hydroxylation sites is 1. The Morgan fingerprint density at radius 1 is 1.30 bits per heavy atom. The zero-order valence-electron chi connectivity index (χ0n) is 10.9. The maximum Gasteiger partial charge on any atom is 0.103 e. The van der Waals surface area contributed by atoms with Crippen molar-refractivity contribution >= 4 is 38.2 Å². The monoisotopic (exact) mass is 348 g/mol. The van der Waals surface area contributed by atoms with Crippen LogP contribution in [0.15, 0.2) is 40.2 Å². The predicted molar refractivity (Wildman–Crippen MR) is 85.0 cm³/mol. The molecule has 0 aliphatic rings. The first kappa shape index (κ1) is 13.7. The van der Waals surface area contributed by atoms with Crippen LogP contribution < -0.4 is 0 Å². The zero-order valence-corrected chi connectivity index (χ0v) is 13.3. The molecule has 1 atom stereocenters. The summed E-state index contributed by atoms with van der Waals surface area (Å²) in [6, 6.07) is 9.87. The van der Waals surface area contributed by atoms with Crippen LogP contribution in [0.1, 0.15) is 22.5 Å². The molecule has 0 bridgehead atoms. The lowest BCUT2D eigenvalue weighted by Gasteiger charge is -2.12. The van der Waals surface area contributed by atoms with Crippen molar-refractivity contribution in [2.24, 2.45) is 0 Å². The van der Waals surface area contributed by atoms with E-state index in [4.69, 9.17) is 0 Å². The summed E-state index contributed by atoms with van der Waals surface area (Å²) in [4.78, 5) is 8.94. The molecule has 102 valence electrons. The van der Waals surface area contributed by atoms with E-state index in [1.165, 1.54) is 0 Å². The summed E-state index contributed by atoms with van der Waals surface area (Å²) in [6.07, 6.45) is -0.177. The molecule has 5 heteroatoms. The zero-order chi connectivity index (χ0) is 14.1. The average Bonchev–Trinajstić information content (AvgIpc) is 2.83. The topological polar surface area (TPSA) is 46.0 Å². The van der Waals surface area contributed by atoms with Crippen molar-refractivity contribution in [1.29, 1.82) is 0 Å². The lowest BCUT2D eigenvalue weighted by molar-refractivity contribution is 0.172. The molecule has 1 N–H and O–H groups in total. The van der Waals surface area contributed by atoms with Crippen molar-refractivity contribution in [3.05, 3.63) is 56.6 Å². The fraction of sp³-hybridized carbons (Fsp3) is 0.200. The minimum Gasteiger partial charge on any atom is -0.386 e. The van der Waals surface area contributed by atoms with Gasteiger partial charge in [-0.15, -0.1) is 11.3 Å². The molecule has 2 aromatic heterocycles. The molecule has 0 saturated heterocycles. The molecular weight excluding hydrogens is 336 g/mol. The van der Waals surface area contributed by atoms with Crippen molar-refractivity contribution in [2.75, 3.05) is 0 Å². The highest BCUT2D eigenvalue weighted by Gasteiger charge is 2.16. The van der Waals surface area contributed by atoms with Crippen molar-refractivity contribution in [2.45, 2.75) is 19.4 Å². The van der Waals surface area contributed by atoms with Crippen LogP contribution in [-0.4, -0.2) is 15.1 Å². The smallest absolute Gasteiger partial charge is 0.103 e. The van der Waals surface area contributed by atoms with Crippen LogP contribution >= 0.6 is 27.3 Å². The average molecular weight is 349 g/mol. The molecule has 0 radical (unpaired) electrons. The van der Waals surface area contributed by atoms with E-state index in [1.807, 2.05) is 42.6 Å². The Hall–Kier alpha value is -1.30. The van der Waals surface area contributed by atoms with E-state index in [1.54, 1.807) is 11.3 Å². The SMILES string of the molecule is Cc1nc(CC(O)c2nc3ccccc3cc2Br)cs1. The lowest BCUT2D eigenvalue weighted by atomic mass is 10.1. The number of pyridine rings is 1. The maximum absolute atomic E-state index is 10.4. The van der Waals surface area contributed by atoms with Gasteiger partial charge in [-0.05, 0) is 35.0 Å². The molecule has 0 fully saturated rings. The number of aliphatic hydroxyl groups excluding tert-OH is 1. The highest BCUT2D eigenvalue weighted by Crippen LogP contribution is 2.28. The quantitative estimate of drug-likeness (QED) is 0.776. The number of nitrogens with zero attached hydrogens (tertiary/aromatic N) is 2. The van der Waals surface area contributed by atoms with E-state index >= 15 is 0 Å². The normalized spacial score (nSPS) is 12.8. The van der Waals surface area contributed by atoms with Crippen molar-refractivity contribution in [3.8, 4) is 0 Å². The van der Waals surface area contributed by atoms with Crippen LogP contribution in [0, 0.1) is 6.92 Å². The first-order valence-corrected chi connectivity index (χ1v) is 7.95. The summed E-state index contributed by atoms with van der Waals surface area (Å²) in [5, 5.41) is 14.4. The summed E-state index contributed by atoms with van der Waals surface area (Å²) in [6.45, 7) is 1.96. The molecule has 20 heavy (non-hydrogen) atoms. The van der Waals surface area contributed by atoms with E-state index in [-0.39, 0.29) is 0 Å². The molecule has 1 unspecified atom stereocenters. The summed E-state index contributed by atoms with van der Waals surface area (Å²) >= 11 is 5.09. The van der Waals surface area contributed by atoms with Gasteiger partial charge in [0.15, 0.2) is 0 Å². The van der Waals surface area contributed by atoms with Crippen LogP contribution in [-0.2, 0) is 6.42 Å². The van der Waals surface area contributed by atoms with Gasteiger partial charge >= 0.3 is 0 Å². The van der Waals surface area contributed by atoms with E-state index < -0.39 is 6.10 Å². The second-order valence-electron chi connectivity index (χ2n) is 4.63. The standard InChI is InChI=1S/C15H13BrN2OS/c1-9-17-11(8-20-9)7-14(19)15-12(16)6-10-4-2-3-5-13(10)18-15/h2-6,8,14,19H,7H2,1H3. The van der Waals surface area contributed by atoms with Crippen LogP contribution in [0.4, 0.5) is 0 Å². The summed E-state index contributed by atoms with van der Waals surface area (Å²) in [5.74, 6) is 0. The summed E-state index contributed by atoms with van der Waals surface area (Å²) in [7, 11) is 0. The number of fused-ring (bicyclic) bond motifs is 1. The fourth-order valence-corrected chi connectivity index (χ4v) is 3.36. The Balaban J connectivity index is 1.94. The largest absolute Gasteiger partial charge is 0.386 e. The highest BCUT2D eigenvalue weighted by molar-refractivity contribution is 9.10. The Labute approximate surface area is 129 Å². The number of aliphatic hydroxyl groups is 1. The minimum absolute atomic E-state index is 0.480. The number of halogens is 1. The van der Waals surface area contributed by atoms with Crippen LogP contribution in [0.3, 0.4) is 0 Å². The molecule has 0 aliphatic heterocycles. The van der Waals surface area contributed by atoms with Gasteiger partial charge in [0, 0.05) is 21.7 Å². The molecule has 1 aromatic carbocycles. The van der Waals surface area contributed by atoms with Gasteiger partial charge in [0.25, 0.3) is 0 Å². The number of hydrogen-bond donors (Lipinski definition) is 1. The van der Waals surface area contributed by atoms with Crippen LogP contribution in [0.25, 0.3) is 10.9 Å². The second kappa shape index (κ2) is 5.60. The Morgan fingerprint density at radius 3 is 2.85 bits per heavy atom. The third-order valence-corrected chi connectivity index (χ3v) is 4.55. The van der Waals surface area contributed by atoms with Crippen LogP contribution in [0.2, 0.25) is 0 Å². The van der Waals surface area contributed by atoms with Gasteiger partial charge in [0.2, 0.25) is 0 Å². The molecule has 0 spiro atoms. The molecule has 0 saturated carbocycles. The lowest BCUT2D eigenvalue weighted by Crippen LogP contribution is -2.06. The first-order chi connectivity index (χ1) is 9.63. The van der Waals surface area contributed by atoms with Gasteiger partial charge in [-0.25, -0.2) is 9.97 Å². The van der Waals surface area contributed by atoms with Gasteiger partial charge < -0.3 is 5.11 Å². The third kappa shape index (κ3) is 2.75. The number of hydrogen-bond acceptors (Lipinski definition) is 4. The van der Waals surface area contributed by atoms with E-state index in [0.717, 1.165) is 26.1 Å². The molecule has 3 nitrogen and oxygen atoms in total. The predicted octanol–water partition coefficient (Wildman–Crippen LogP) is 4.04. The van der Waals surface area contributed by atoms with E-state index in [9.17, 15) is 5.11 Å². The number of aromatic nitrogens is 2. The van der Waals surface area contributed by atoms with E-state index in [0.29, 0.717) is 12.1 Å². The number of aryl methyl sites for hydroxylation is 1. The second-order valence-corrected chi connectivity index (χ2v) is 6.54. The van der Waals surface area contributed by atoms with Crippen molar-refractivity contribution < 1.29 is 5.11 Å². The van der Waals surface area contributed by atoms with Crippen LogP contribution in [0.5, 0.6) is 0 Å². The number of rotatable bonds is 3. The Bertz CT molecular complexity index is 756. The van der Waals surface area contributed by atoms with Gasteiger partial charge in [0.1, 0.15) is 6.10 Å². The summed E-state index contributed by atoms with van der Waals surface area (Å²) < 4.78 is 0.829. The molecular formula is C15H13BrN2OS. The van der Waals surface area contributed by atoms with E-state index in [2.05, 4.69) is 25.9 Å². The van der Waals surface area contributed by atoms with Gasteiger partial charge in [-0.1, -0.05) is 18.2 Å². The van der Waals surface area contributed by atoms with Gasteiger partial charge in [0.05, 0.1) is 21.9 Å². The molecule has 0 aliphatic carbocycles. The van der Waals surface area contributed by atoms with Gasteiger partial charge in [-0.2, -0.15) is 0 Å². The Morgan fingerprint density at radius 2 is 2.10 bits per heavy atom. The first-order valence-electron chi connectivity index (χ1n) is 6.28. The van der Waals surface area contributed by atoms with Crippen molar-refractivity contribution in [1.82, 2.24) is 9.97 Å². The minimum atomic E-state index is -0.657. The fourth-order valence-electron chi connectivity index (χ4n) is 2.14. The third-order valence-electron chi connectivity index (χ3n) is 3.09. The maximum atomic E-state index is 10.4. The number of benzene rings is 1. The molecule has 2 heterocycles. The molecule has 3 rings (SSSR count). The van der Waals surface area contributed by atoms with Gasteiger partial charge in [-0.3, -0.25) is 0 Å². The number of thiazole rings is 1. The van der Waals surface area contributed by atoms with Crippen molar-refractivity contribution in [3.63, 3.8) is 0 Å².